The van der Waals surface area contributed by atoms with Gasteiger partial charge in [-0.3, -0.25) is 0 Å². The van der Waals surface area contributed by atoms with Gasteiger partial charge in [-0.05, 0) is 38.7 Å². The van der Waals surface area contributed by atoms with E-state index < -0.39 is 5.63 Å². The molecule has 0 unspecified atom stereocenters. The standard InChI is InChI=1S/C22H29N3O4.Fe/c1-23-8-9-24(2)11-13-25(12-10-23)7-3-14-27-22-20-18(6-15-28-20)16-17-4-5-19(26)29-21(17)22;/h4-6,15-16H,3,7-14H2,1-2H3;/q;+3. The summed E-state index contributed by atoms with van der Waals surface area (Å²) in [6.45, 7) is 8.02. The Morgan fingerprint density at radius 1 is 0.933 bits per heavy atom. The molecule has 1 aliphatic heterocycles. The Bertz CT molecular complexity index is 1000. The van der Waals surface area contributed by atoms with Crippen LogP contribution in [0.3, 0.4) is 0 Å². The fourth-order valence-corrected chi connectivity index (χ4v) is 3.72. The van der Waals surface area contributed by atoms with Crippen molar-refractivity contribution in [1.29, 1.82) is 0 Å². The molecule has 3 aromatic rings. The molecule has 0 N–H and O–H groups in total. The van der Waals surface area contributed by atoms with Gasteiger partial charge < -0.3 is 28.3 Å². The smallest absolute Gasteiger partial charge is 0.486 e. The zero-order chi connectivity index (χ0) is 20.2. The Balaban J connectivity index is 0.00000256. The first-order chi connectivity index (χ1) is 14.1. The second-order valence-electron chi connectivity index (χ2n) is 7.87. The average Bonchev–Trinajstić information content (AvgIpc) is 3.20. The number of nitrogens with zero attached hydrogens (tertiary/aromatic N) is 3. The van der Waals surface area contributed by atoms with Gasteiger partial charge in [0.2, 0.25) is 5.75 Å². The summed E-state index contributed by atoms with van der Waals surface area (Å²) in [5.41, 5.74) is 0.682. The summed E-state index contributed by atoms with van der Waals surface area (Å²) >= 11 is 0. The summed E-state index contributed by atoms with van der Waals surface area (Å²) in [5, 5.41) is 1.77. The van der Waals surface area contributed by atoms with Gasteiger partial charge in [-0.1, -0.05) is 0 Å². The van der Waals surface area contributed by atoms with E-state index in [1.54, 1.807) is 12.3 Å². The first-order valence-corrected chi connectivity index (χ1v) is 10.3. The number of likely N-dealkylation sites (N-methyl/N-ethyl adjacent to an activating group) is 2. The van der Waals surface area contributed by atoms with Gasteiger partial charge >= 0.3 is 22.7 Å². The van der Waals surface area contributed by atoms with Crippen LogP contribution in [-0.2, 0) is 17.1 Å². The molecule has 0 saturated carbocycles. The van der Waals surface area contributed by atoms with E-state index in [4.69, 9.17) is 13.6 Å². The van der Waals surface area contributed by atoms with E-state index in [2.05, 4.69) is 28.8 Å². The molecule has 0 bridgehead atoms. The molecule has 8 heteroatoms. The van der Waals surface area contributed by atoms with E-state index >= 15 is 0 Å². The number of hydrogen-bond donors (Lipinski definition) is 0. The minimum atomic E-state index is -0.391. The first kappa shape index (κ1) is 22.8. The Morgan fingerprint density at radius 3 is 2.33 bits per heavy atom. The molecule has 1 saturated heterocycles. The molecule has 0 amide bonds. The van der Waals surface area contributed by atoms with Gasteiger partial charge in [0.05, 0.1) is 12.9 Å². The van der Waals surface area contributed by atoms with Crippen molar-refractivity contribution in [3.8, 4) is 5.75 Å². The largest absolute Gasteiger partial charge is 3.00 e. The number of rotatable bonds is 5. The van der Waals surface area contributed by atoms with Crippen LogP contribution in [-0.4, -0.2) is 81.2 Å². The van der Waals surface area contributed by atoms with E-state index in [0.717, 1.165) is 63.0 Å². The van der Waals surface area contributed by atoms with Crippen molar-refractivity contribution in [2.24, 2.45) is 0 Å². The third-order valence-electron chi connectivity index (χ3n) is 5.61. The van der Waals surface area contributed by atoms with Crippen LogP contribution in [0.2, 0.25) is 0 Å². The zero-order valence-electron chi connectivity index (χ0n) is 17.6. The minimum absolute atomic E-state index is 0. The number of fused-ring (bicyclic) bond motifs is 2. The molecule has 30 heavy (non-hydrogen) atoms. The predicted molar refractivity (Wildman–Crippen MR) is 114 cm³/mol. The van der Waals surface area contributed by atoms with Crippen molar-refractivity contribution >= 4 is 21.9 Å². The van der Waals surface area contributed by atoms with Gasteiger partial charge in [-0.25, -0.2) is 4.79 Å². The Hall–Kier alpha value is -1.83. The maximum Gasteiger partial charge on any atom is 3.00 e. The van der Waals surface area contributed by atoms with Gasteiger partial charge in [-0.15, -0.1) is 0 Å². The van der Waals surface area contributed by atoms with Gasteiger partial charge in [0, 0.05) is 62.7 Å². The Labute approximate surface area is 187 Å². The van der Waals surface area contributed by atoms with Crippen LogP contribution in [0.4, 0.5) is 0 Å². The zero-order valence-corrected chi connectivity index (χ0v) is 18.7. The van der Waals surface area contributed by atoms with E-state index in [0.29, 0.717) is 23.5 Å². The summed E-state index contributed by atoms with van der Waals surface area (Å²) in [6, 6.07) is 7.02. The van der Waals surface area contributed by atoms with E-state index in [-0.39, 0.29) is 17.1 Å². The van der Waals surface area contributed by atoms with Crippen LogP contribution < -0.4 is 10.4 Å². The molecule has 1 radical (unpaired) electrons. The topological polar surface area (TPSA) is 62.3 Å². The Kier molecular flexibility index (Phi) is 7.97. The third-order valence-corrected chi connectivity index (χ3v) is 5.61. The third kappa shape index (κ3) is 5.45. The van der Waals surface area contributed by atoms with Crippen LogP contribution in [0, 0.1) is 0 Å². The van der Waals surface area contributed by atoms with Crippen molar-refractivity contribution in [3.05, 3.63) is 40.9 Å². The molecular formula is C22H29FeN3O4+3. The SMILES string of the molecule is CN1CCN(C)CCN(CCCOc2c3occc3cc3ccc(=O)oc23)CC1.[Fe+3]. The quantitative estimate of drug-likeness (QED) is 0.333. The molecule has 4 rings (SSSR count). The van der Waals surface area contributed by atoms with Crippen molar-refractivity contribution in [2.75, 3.05) is 66.5 Å². The van der Waals surface area contributed by atoms with Crippen LogP contribution in [0.15, 0.2) is 44.2 Å². The molecular weight excluding hydrogens is 426 g/mol. The molecule has 161 valence electrons. The van der Waals surface area contributed by atoms with Crippen molar-refractivity contribution in [1.82, 2.24) is 14.7 Å². The average molecular weight is 455 g/mol. The Morgan fingerprint density at radius 2 is 1.60 bits per heavy atom. The van der Waals surface area contributed by atoms with Crippen molar-refractivity contribution in [3.63, 3.8) is 0 Å². The summed E-state index contributed by atoms with van der Waals surface area (Å²) in [6.07, 6.45) is 2.52. The molecule has 3 heterocycles. The van der Waals surface area contributed by atoms with E-state index in [1.165, 1.54) is 6.07 Å². The predicted octanol–water partition coefficient (Wildman–Crippen LogP) is 2.48. The van der Waals surface area contributed by atoms with Crippen molar-refractivity contribution in [2.45, 2.75) is 6.42 Å². The van der Waals surface area contributed by atoms with Crippen LogP contribution in [0.1, 0.15) is 6.42 Å². The number of furan rings is 1. The number of hydrogen-bond acceptors (Lipinski definition) is 7. The molecule has 2 aromatic heterocycles. The number of ether oxygens (including phenoxy) is 1. The van der Waals surface area contributed by atoms with E-state index in [9.17, 15) is 4.79 Å². The number of benzene rings is 1. The second-order valence-corrected chi connectivity index (χ2v) is 7.87. The molecule has 1 aliphatic rings. The summed E-state index contributed by atoms with van der Waals surface area (Å²) in [5.74, 6) is 0.518. The molecule has 7 nitrogen and oxygen atoms in total. The van der Waals surface area contributed by atoms with E-state index in [1.807, 2.05) is 12.1 Å². The van der Waals surface area contributed by atoms with Gasteiger partial charge in [0.15, 0.2) is 11.2 Å². The van der Waals surface area contributed by atoms with Gasteiger partial charge in [-0.2, -0.15) is 0 Å². The molecule has 1 fully saturated rings. The molecule has 0 aliphatic carbocycles. The van der Waals surface area contributed by atoms with Gasteiger partial charge in [0.1, 0.15) is 0 Å². The monoisotopic (exact) mass is 455 g/mol. The second kappa shape index (κ2) is 10.5. The van der Waals surface area contributed by atoms with Crippen LogP contribution in [0.5, 0.6) is 5.75 Å². The maximum absolute atomic E-state index is 11.7. The molecule has 1 aromatic carbocycles. The minimum Gasteiger partial charge on any atom is -0.486 e. The van der Waals surface area contributed by atoms with Gasteiger partial charge in [0.25, 0.3) is 0 Å². The first-order valence-electron chi connectivity index (χ1n) is 10.3. The molecule has 0 atom stereocenters. The fourth-order valence-electron chi connectivity index (χ4n) is 3.72. The molecule has 0 spiro atoms. The summed E-state index contributed by atoms with van der Waals surface area (Å²) < 4.78 is 17.1. The summed E-state index contributed by atoms with van der Waals surface area (Å²) in [4.78, 5) is 19.0. The van der Waals surface area contributed by atoms with Crippen LogP contribution in [0.25, 0.3) is 21.9 Å². The van der Waals surface area contributed by atoms with Crippen LogP contribution >= 0.6 is 0 Å². The van der Waals surface area contributed by atoms with Crippen molar-refractivity contribution < 1.29 is 30.6 Å². The summed E-state index contributed by atoms with van der Waals surface area (Å²) in [7, 11) is 4.37. The maximum atomic E-state index is 11.7. The normalized spacial score (nSPS) is 17.4. The fraction of sp³-hybridized carbons (Fsp3) is 0.500.